The smallest absolute Gasteiger partial charge is 0.328 e. The van der Waals surface area contributed by atoms with E-state index in [9.17, 15) is 18.8 Å². The summed E-state index contributed by atoms with van der Waals surface area (Å²) in [4.78, 5) is 38.7. The van der Waals surface area contributed by atoms with Crippen LogP contribution in [0.4, 0.5) is 4.39 Å². The Morgan fingerprint density at radius 1 is 1.03 bits per heavy atom. The van der Waals surface area contributed by atoms with Gasteiger partial charge in [-0.1, -0.05) is 30.3 Å². The summed E-state index contributed by atoms with van der Waals surface area (Å²) in [6, 6.07) is 9.99. The summed E-state index contributed by atoms with van der Waals surface area (Å²) in [5, 5.41) is 16.8. The third-order valence-electron chi connectivity index (χ3n) is 4.06. The Morgan fingerprint density at radius 3 is 2.24 bits per heavy atom. The van der Waals surface area contributed by atoms with E-state index in [2.05, 4.69) is 9.97 Å². The van der Waals surface area contributed by atoms with Crippen molar-refractivity contribution in [2.45, 2.75) is 19.8 Å². The van der Waals surface area contributed by atoms with Crippen LogP contribution < -0.4 is 0 Å². The highest BCUT2D eigenvalue weighted by molar-refractivity contribution is 6.08. The summed E-state index contributed by atoms with van der Waals surface area (Å²) >= 11 is 0. The van der Waals surface area contributed by atoms with Crippen molar-refractivity contribution in [3.05, 3.63) is 77.6 Å². The first kappa shape index (κ1) is 21.5. The molecular weight excluding hydrogens is 379 g/mol. The van der Waals surface area contributed by atoms with E-state index in [1.807, 2.05) is 6.92 Å². The lowest BCUT2D eigenvalue weighted by atomic mass is 9.98. The van der Waals surface area contributed by atoms with Gasteiger partial charge in [0.05, 0.1) is 12.0 Å². The third-order valence-corrected chi connectivity index (χ3v) is 4.06. The van der Waals surface area contributed by atoms with Gasteiger partial charge in [-0.05, 0) is 24.8 Å². The number of fused-ring (bicyclic) bond motifs is 1. The Hall–Kier alpha value is -3.81. The number of carboxylic acid groups (broad SMARTS) is 2. The molecule has 0 fully saturated rings. The predicted octanol–water partition coefficient (Wildman–Crippen LogP) is 3.54. The van der Waals surface area contributed by atoms with Crippen molar-refractivity contribution in [2.75, 3.05) is 0 Å². The van der Waals surface area contributed by atoms with E-state index in [1.165, 1.54) is 6.07 Å². The van der Waals surface area contributed by atoms with Gasteiger partial charge in [0.15, 0.2) is 5.78 Å². The molecular formula is C21H19FN2O5. The Balaban J connectivity index is 0.000000321. The minimum Gasteiger partial charge on any atom is -0.478 e. The van der Waals surface area contributed by atoms with Crippen LogP contribution in [0, 0.1) is 12.7 Å². The number of aromatic amines is 1. The van der Waals surface area contributed by atoms with Crippen molar-refractivity contribution in [3.63, 3.8) is 0 Å². The zero-order chi connectivity index (χ0) is 21.4. The Labute approximate surface area is 165 Å². The van der Waals surface area contributed by atoms with Gasteiger partial charge in [-0.2, -0.15) is 0 Å². The number of ketones is 1. The second-order valence-corrected chi connectivity index (χ2v) is 6.05. The average molecular weight is 398 g/mol. The molecule has 0 unspecified atom stereocenters. The van der Waals surface area contributed by atoms with E-state index in [4.69, 9.17) is 10.2 Å². The number of Topliss-reactive ketones (excluding diaryl/α,β-unsaturated/α-hetero) is 1. The summed E-state index contributed by atoms with van der Waals surface area (Å²) in [6.07, 6.45) is 3.69. The fraction of sp³-hybridized carbons (Fsp3) is 0.143. The largest absolute Gasteiger partial charge is 0.478 e. The Kier molecular flexibility index (Phi) is 7.36. The van der Waals surface area contributed by atoms with E-state index in [0.29, 0.717) is 41.3 Å². The molecule has 3 rings (SSSR count). The van der Waals surface area contributed by atoms with E-state index < -0.39 is 11.9 Å². The molecule has 150 valence electrons. The maximum absolute atomic E-state index is 13.8. The van der Waals surface area contributed by atoms with E-state index in [-0.39, 0.29) is 11.6 Å². The number of hydrogen-bond acceptors (Lipinski definition) is 4. The molecule has 2 aromatic carbocycles. The number of carboxylic acids is 2. The number of aryl methyl sites for hydroxylation is 2. The summed E-state index contributed by atoms with van der Waals surface area (Å²) in [7, 11) is 0. The van der Waals surface area contributed by atoms with Crippen LogP contribution in [0.2, 0.25) is 0 Å². The molecule has 0 saturated heterocycles. The van der Waals surface area contributed by atoms with Gasteiger partial charge in [0.2, 0.25) is 0 Å². The summed E-state index contributed by atoms with van der Waals surface area (Å²) in [5.74, 6) is -2.81. The summed E-state index contributed by atoms with van der Waals surface area (Å²) in [5.41, 5.74) is 2.45. The highest BCUT2D eigenvalue weighted by Crippen LogP contribution is 2.23. The number of imidazole rings is 1. The zero-order valence-electron chi connectivity index (χ0n) is 15.6. The number of nitrogens with zero attached hydrogens (tertiary/aromatic N) is 1. The molecule has 0 spiro atoms. The number of aliphatic carboxylic acids is 2. The molecule has 1 heterocycles. The maximum atomic E-state index is 13.8. The molecule has 0 bridgehead atoms. The molecule has 0 saturated carbocycles. The Bertz CT molecular complexity index is 1060. The molecule has 8 heteroatoms. The van der Waals surface area contributed by atoms with Crippen LogP contribution in [0.25, 0.3) is 10.8 Å². The second kappa shape index (κ2) is 9.93. The molecule has 3 N–H and O–H groups in total. The topological polar surface area (TPSA) is 120 Å². The van der Waals surface area contributed by atoms with E-state index >= 15 is 0 Å². The monoisotopic (exact) mass is 398 g/mol. The lowest BCUT2D eigenvalue weighted by molar-refractivity contribution is -0.134. The number of aromatic nitrogens is 2. The first-order valence-electron chi connectivity index (χ1n) is 8.62. The zero-order valence-corrected chi connectivity index (χ0v) is 15.6. The van der Waals surface area contributed by atoms with Gasteiger partial charge < -0.3 is 15.2 Å². The van der Waals surface area contributed by atoms with Crippen LogP contribution in [-0.2, 0) is 16.0 Å². The van der Waals surface area contributed by atoms with Crippen molar-refractivity contribution in [1.29, 1.82) is 0 Å². The highest BCUT2D eigenvalue weighted by atomic mass is 19.1. The first-order valence-corrected chi connectivity index (χ1v) is 8.62. The quantitative estimate of drug-likeness (QED) is 0.431. The third kappa shape index (κ3) is 6.10. The SMILES string of the molecule is Cc1[nH]cnc1CCC(=O)c1cccc2c(F)cccc12.O=C(O)C=CC(=O)O. The molecule has 0 radical (unpaired) electrons. The van der Waals surface area contributed by atoms with Crippen LogP contribution in [0.1, 0.15) is 28.2 Å². The van der Waals surface area contributed by atoms with Crippen molar-refractivity contribution < 1.29 is 29.0 Å². The van der Waals surface area contributed by atoms with Crippen LogP contribution in [-0.4, -0.2) is 37.9 Å². The van der Waals surface area contributed by atoms with E-state index in [1.54, 1.807) is 36.7 Å². The van der Waals surface area contributed by atoms with E-state index in [0.717, 1.165) is 11.4 Å². The number of benzene rings is 2. The average Bonchev–Trinajstić information content (AvgIpc) is 3.10. The highest BCUT2D eigenvalue weighted by Gasteiger charge is 2.13. The number of carbonyl (C=O) groups is 3. The molecule has 29 heavy (non-hydrogen) atoms. The van der Waals surface area contributed by atoms with Gasteiger partial charge >= 0.3 is 11.9 Å². The van der Waals surface area contributed by atoms with Crippen molar-refractivity contribution in [3.8, 4) is 0 Å². The van der Waals surface area contributed by atoms with Gasteiger partial charge in [-0.3, -0.25) is 4.79 Å². The number of halogens is 1. The van der Waals surface area contributed by atoms with Gasteiger partial charge in [0.1, 0.15) is 5.82 Å². The number of rotatable bonds is 6. The maximum Gasteiger partial charge on any atom is 0.328 e. The van der Waals surface area contributed by atoms with Gasteiger partial charge in [-0.15, -0.1) is 0 Å². The molecule has 0 atom stereocenters. The summed E-state index contributed by atoms with van der Waals surface area (Å²) < 4.78 is 13.8. The Morgan fingerprint density at radius 2 is 1.66 bits per heavy atom. The molecule has 0 amide bonds. The molecule has 0 aliphatic rings. The van der Waals surface area contributed by atoms with Crippen LogP contribution >= 0.6 is 0 Å². The normalized spacial score (nSPS) is 10.6. The second-order valence-electron chi connectivity index (χ2n) is 6.05. The van der Waals surface area contributed by atoms with Gasteiger partial charge in [0.25, 0.3) is 0 Å². The summed E-state index contributed by atoms with van der Waals surface area (Å²) in [6.45, 7) is 1.93. The van der Waals surface area contributed by atoms with Gasteiger partial charge in [-0.25, -0.2) is 19.0 Å². The fourth-order valence-electron chi connectivity index (χ4n) is 2.66. The molecule has 0 aliphatic carbocycles. The standard InChI is InChI=1S/C17H15FN2O.C4H4O4/c1-11-16(20-10-19-11)8-9-17(21)14-6-2-5-13-12(14)4-3-7-15(13)18;5-3(6)1-2-4(7)8/h2-7,10H,8-9H2,1H3,(H,19,20);1-2H,(H,5,6)(H,7,8). The number of nitrogens with one attached hydrogen (secondary N) is 1. The minimum atomic E-state index is -1.26. The van der Waals surface area contributed by atoms with Crippen molar-refractivity contribution >= 4 is 28.5 Å². The lowest BCUT2D eigenvalue weighted by Gasteiger charge is -2.06. The first-order chi connectivity index (χ1) is 13.8. The minimum absolute atomic E-state index is 0.00796. The number of carbonyl (C=O) groups excluding carboxylic acids is 1. The molecule has 1 aromatic heterocycles. The van der Waals surface area contributed by atoms with Crippen LogP contribution in [0.15, 0.2) is 54.9 Å². The van der Waals surface area contributed by atoms with Crippen LogP contribution in [0.3, 0.4) is 0 Å². The van der Waals surface area contributed by atoms with Crippen molar-refractivity contribution in [2.24, 2.45) is 0 Å². The van der Waals surface area contributed by atoms with Crippen molar-refractivity contribution in [1.82, 2.24) is 9.97 Å². The number of H-pyrrole nitrogens is 1. The number of hydrogen-bond donors (Lipinski definition) is 3. The predicted molar refractivity (Wildman–Crippen MR) is 104 cm³/mol. The molecule has 7 nitrogen and oxygen atoms in total. The lowest BCUT2D eigenvalue weighted by Crippen LogP contribution is -2.03. The molecule has 3 aromatic rings. The van der Waals surface area contributed by atoms with Gasteiger partial charge in [0, 0.05) is 35.2 Å². The van der Waals surface area contributed by atoms with Crippen LogP contribution in [0.5, 0.6) is 0 Å². The fourth-order valence-corrected chi connectivity index (χ4v) is 2.66. The molecule has 0 aliphatic heterocycles.